The molecule has 0 aliphatic rings. The van der Waals surface area contributed by atoms with Gasteiger partial charge in [0.2, 0.25) is 0 Å². The van der Waals surface area contributed by atoms with Crippen LogP contribution in [0.5, 0.6) is 5.75 Å². The predicted octanol–water partition coefficient (Wildman–Crippen LogP) is 4.55. The molecular weight excluding hydrogens is 354 g/mol. The lowest BCUT2D eigenvalue weighted by Crippen LogP contribution is -2.27. The van der Waals surface area contributed by atoms with E-state index in [1.807, 2.05) is 76.2 Å². The number of ketones is 1. The fourth-order valence-electron chi connectivity index (χ4n) is 2.90. The van der Waals surface area contributed by atoms with Gasteiger partial charge in [0.05, 0.1) is 6.54 Å². The quantitative estimate of drug-likeness (QED) is 0.590. The Balaban J connectivity index is 1.80. The third-order valence-electron chi connectivity index (χ3n) is 4.17. The van der Waals surface area contributed by atoms with Crippen molar-refractivity contribution in [3.63, 3.8) is 0 Å². The molecule has 0 saturated carbocycles. The first-order chi connectivity index (χ1) is 13.2. The number of aryl methyl sites for hydroxylation is 1. The molecule has 1 aromatic heterocycles. The van der Waals surface area contributed by atoms with E-state index in [9.17, 15) is 9.59 Å². The molecule has 2 aromatic carbocycles. The topological polar surface area (TPSA) is 57.5 Å². The van der Waals surface area contributed by atoms with E-state index in [2.05, 4.69) is 0 Å². The van der Waals surface area contributed by atoms with Gasteiger partial charge in [-0.05, 0) is 52.0 Å². The first-order valence-electron chi connectivity index (χ1n) is 9.26. The number of rotatable bonds is 6. The number of carbonyl (C=O) groups is 2. The van der Waals surface area contributed by atoms with Crippen molar-refractivity contribution in [2.75, 3.05) is 6.61 Å². The number of fused-ring (bicyclic) bond motifs is 1. The summed E-state index contributed by atoms with van der Waals surface area (Å²) >= 11 is 0. The zero-order valence-electron chi connectivity index (χ0n) is 16.7. The molecule has 0 N–H and O–H groups in total. The molecule has 1 heterocycles. The standard InChI is InChI=1S/C23H25NO4/c1-16-9-11-19(12-10-16)27-15-18(25)14-24-20-8-6-5-7-17(20)13-21(24)22(26)28-23(2,3)4/h5-13H,14-15H2,1-4H3. The van der Waals surface area contributed by atoms with Crippen molar-refractivity contribution in [3.8, 4) is 5.75 Å². The van der Waals surface area contributed by atoms with Crippen LogP contribution in [0.25, 0.3) is 10.9 Å². The highest BCUT2D eigenvalue weighted by Crippen LogP contribution is 2.22. The van der Waals surface area contributed by atoms with Crippen LogP contribution in [0.4, 0.5) is 0 Å². The summed E-state index contributed by atoms with van der Waals surface area (Å²) in [6.07, 6.45) is 0. The molecule has 0 aliphatic heterocycles. The van der Waals surface area contributed by atoms with E-state index in [0.29, 0.717) is 11.4 Å². The maximum absolute atomic E-state index is 12.7. The van der Waals surface area contributed by atoms with Gasteiger partial charge in [0, 0.05) is 10.9 Å². The van der Waals surface area contributed by atoms with Gasteiger partial charge in [-0.2, -0.15) is 0 Å². The largest absolute Gasteiger partial charge is 0.486 e. The average molecular weight is 379 g/mol. The van der Waals surface area contributed by atoms with Gasteiger partial charge < -0.3 is 14.0 Å². The van der Waals surface area contributed by atoms with Crippen molar-refractivity contribution in [2.45, 2.75) is 39.8 Å². The van der Waals surface area contributed by atoms with E-state index in [0.717, 1.165) is 16.5 Å². The van der Waals surface area contributed by atoms with E-state index < -0.39 is 11.6 Å². The van der Waals surface area contributed by atoms with Gasteiger partial charge in [0.15, 0.2) is 5.78 Å². The van der Waals surface area contributed by atoms with Gasteiger partial charge in [0.1, 0.15) is 23.7 Å². The molecule has 0 atom stereocenters. The van der Waals surface area contributed by atoms with Crippen molar-refractivity contribution in [1.29, 1.82) is 0 Å². The third kappa shape index (κ3) is 4.80. The highest BCUT2D eigenvalue weighted by Gasteiger charge is 2.23. The molecule has 5 heteroatoms. The molecule has 0 radical (unpaired) electrons. The number of ether oxygens (including phenoxy) is 2. The number of Topliss-reactive ketones (excluding diaryl/α,β-unsaturated/α-hetero) is 1. The molecule has 0 unspecified atom stereocenters. The Labute approximate surface area is 164 Å². The van der Waals surface area contributed by atoms with Crippen LogP contribution in [0, 0.1) is 6.92 Å². The molecular formula is C23H25NO4. The summed E-state index contributed by atoms with van der Waals surface area (Å²) in [5.74, 6) is 0.0615. The second kappa shape index (κ2) is 7.89. The summed E-state index contributed by atoms with van der Waals surface area (Å²) < 4.78 is 12.8. The summed E-state index contributed by atoms with van der Waals surface area (Å²) in [5.41, 5.74) is 1.68. The van der Waals surface area contributed by atoms with Gasteiger partial charge in [-0.25, -0.2) is 4.79 Å². The molecule has 0 amide bonds. The van der Waals surface area contributed by atoms with Gasteiger partial charge in [-0.3, -0.25) is 4.79 Å². The molecule has 0 fully saturated rings. The molecule has 3 rings (SSSR count). The molecule has 0 spiro atoms. The van der Waals surface area contributed by atoms with Crippen LogP contribution in [0.3, 0.4) is 0 Å². The minimum Gasteiger partial charge on any atom is -0.486 e. The first-order valence-corrected chi connectivity index (χ1v) is 9.26. The van der Waals surface area contributed by atoms with Crippen LogP contribution in [0.2, 0.25) is 0 Å². The van der Waals surface area contributed by atoms with Gasteiger partial charge >= 0.3 is 5.97 Å². The summed E-state index contributed by atoms with van der Waals surface area (Å²) in [6, 6.07) is 16.9. The summed E-state index contributed by atoms with van der Waals surface area (Å²) in [4.78, 5) is 25.2. The monoisotopic (exact) mass is 379 g/mol. The normalized spacial score (nSPS) is 11.4. The van der Waals surface area contributed by atoms with Gasteiger partial charge in [-0.1, -0.05) is 35.9 Å². The molecule has 5 nitrogen and oxygen atoms in total. The van der Waals surface area contributed by atoms with Crippen LogP contribution in [0.15, 0.2) is 54.6 Å². The maximum atomic E-state index is 12.7. The molecule has 28 heavy (non-hydrogen) atoms. The van der Waals surface area contributed by atoms with Crippen LogP contribution in [-0.4, -0.2) is 28.5 Å². The van der Waals surface area contributed by atoms with Crippen LogP contribution in [0.1, 0.15) is 36.8 Å². The Kier molecular flexibility index (Phi) is 5.54. The second-order valence-electron chi connectivity index (χ2n) is 7.82. The van der Waals surface area contributed by atoms with Crippen molar-refractivity contribution in [2.24, 2.45) is 0 Å². The van der Waals surface area contributed by atoms with Crippen LogP contribution in [-0.2, 0) is 16.1 Å². The summed E-state index contributed by atoms with van der Waals surface area (Å²) in [5, 5.41) is 0.885. The van der Waals surface area contributed by atoms with Crippen molar-refractivity contribution >= 4 is 22.7 Å². The fraction of sp³-hybridized carbons (Fsp3) is 0.304. The van der Waals surface area contributed by atoms with E-state index in [1.165, 1.54) is 0 Å². The Morgan fingerprint density at radius 3 is 2.36 bits per heavy atom. The fourth-order valence-corrected chi connectivity index (χ4v) is 2.90. The van der Waals surface area contributed by atoms with E-state index in [4.69, 9.17) is 9.47 Å². The number of aromatic nitrogens is 1. The van der Waals surface area contributed by atoms with Crippen molar-refractivity contribution in [1.82, 2.24) is 4.57 Å². The summed E-state index contributed by atoms with van der Waals surface area (Å²) in [7, 11) is 0. The zero-order chi connectivity index (χ0) is 20.3. The Morgan fingerprint density at radius 1 is 1.00 bits per heavy atom. The lowest BCUT2D eigenvalue weighted by molar-refractivity contribution is -0.121. The lowest BCUT2D eigenvalue weighted by atomic mass is 10.2. The number of esters is 1. The Morgan fingerprint density at radius 2 is 1.68 bits per heavy atom. The predicted molar refractivity (Wildman–Crippen MR) is 109 cm³/mol. The number of hydrogen-bond acceptors (Lipinski definition) is 4. The maximum Gasteiger partial charge on any atom is 0.355 e. The van der Waals surface area contributed by atoms with Crippen molar-refractivity contribution < 1.29 is 19.1 Å². The highest BCUT2D eigenvalue weighted by molar-refractivity contribution is 5.97. The van der Waals surface area contributed by atoms with Crippen LogP contribution >= 0.6 is 0 Å². The first kappa shape index (κ1) is 19.7. The van der Waals surface area contributed by atoms with E-state index in [-0.39, 0.29) is 18.9 Å². The SMILES string of the molecule is Cc1ccc(OCC(=O)Cn2c(C(=O)OC(C)(C)C)cc3ccccc32)cc1. The minimum absolute atomic E-state index is 0.0357. The molecule has 0 aliphatic carbocycles. The van der Waals surface area contributed by atoms with Crippen molar-refractivity contribution in [3.05, 3.63) is 65.9 Å². The third-order valence-corrected chi connectivity index (χ3v) is 4.17. The van der Waals surface area contributed by atoms with E-state index in [1.54, 1.807) is 10.6 Å². The Hall–Kier alpha value is -3.08. The lowest BCUT2D eigenvalue weighted by Gasteiger charge is -2.20. The smallest absolute Gasteiger partial charge is 0.355 e. The summed E-state index contributed by atoms with van der Waals surface area (Å²) in [6.45, 7) is 7.41. The van der Waals surface area contributed by atoms with Crippen LogP contribution < -0.4 is 4.74 Å². The van der Waals surface area contributed by atoms with E-state index >= 15 is 0 Å². The molecule has 0 bridgehead atoms. The number of benzene rings is 2. The van der Waals surface area contributed by atoms with Gasteiger partial charge in [-0.15, -0.1) is 0 Å². The van der Waals surface area contributed by atoms with Gasteiger partial charge in [0.25, 0.3) is 0 Å². The minimum atomic E-state index is -0.614. The number of hydrogen-bond donors (Lipinski definition) is 0. The number of para-hydroxylation sites is 1. The second-order valence-corrected chi connectivity index (χ2v) is 7.82. The number of carbonyl (C=O) groups excluding carboxylic acids is 2. The highest BCUT2D eigenvalue weighted by atomic mass is 16.6. The molecule has 146 valence electrons. The zero-order valence-corrected chi connectivity index (χ0v) is 16.7. The molecule has 0 saturated heterocycles. The Bertz CT molecular complexity index is 994. The molecule has 3 aromatic rings. The average Bonchev–Trinajstić information content (AvgIpc) is 2.99. The number of nitrogens with zero attached hydrogens (tertiary/aromatic N) is 1.